The molecule has 0 aliphatic heterocycles. The first-order valence-electron chi connectivity index (χ1n) is 9.71. The standard InChI is InChI=1S/C22H24N6O/c1-16(2)20(22-26-21(27-29-22)19-8-10-23-11-9-19)24-12-18-13-25-28(15-18)14-17-6-4-3-5-7-17/h3-11,13,15-16,20,24H,12,14H2,1-2H3. The molecule has 4 rings (SSSR count). The number of hydrogen-bond acceptors (Lipinski definition) is 6. The van der Waals surface area contributed by atoms with Crippen LogP contribution >= 0.6 is 0 Å². The largest absolute Gasteiger partial charge is 0.337 e. The molecule has 0 saturated heterocycles. The molecule has 0 saturated carbocycles. The molecule has 1 unspecified atom stereocenters. The van der Waals surface area contributed by atoms with Gasteiger partial charge in [-0.1, -0.05) is 49.3 Å². The number of rotatable bonds is 8. The van der Waals surface area contributed by atoms with E-state index in [-0.39, 0.29) is 6.04 Å². The Hall–Kier alpha value is -3.32. The van der Waals surface area contributed by atoms with Gasteiger partial charge in [-0.25, -0.2) is 0 Å². The van der Waals surface area contributed by atoms with Crippen LogP contribution in [0.15, 0.2) is 71.8 Å². The Balaban J connectivity index is 1.41. The molecule has 0 amide bonds. The van der Waals surface area contributed by atoms with Crippen molar-refractivity contribution in [3.63, 3.8) is 0 Å². The fourth-order valence-corrected chi connectivity index (χ4v) is 3.17. The third kappa shape index (κ3) is 4.75. The summed E-state index contributed by atoms with van der Waals surface area (Å²) in [6.45, 7) is 5.69. The lowest BCUT2D eigenvalue weighted by Crippen LogP contribution is -2.25. The third-order valence-electron chi connectivity index (χ3n) is 4.71. The lowest BCUT2D eigenvalue weighted by Gasteiger charge is -2.17. The average molecular weight is 388 g/mol. The van der Waals surface area contributed by atoms with Crippen molar-refractivity contribution in [3.05, 3.63) is 84.3 Å². The van der Waals surface area contributed by atoms with Gasteiger partial charge in [-0.15, -0.1) is 0 Å². The van der Waals surface area contributed by atoms with Crippen LogP contribution in [0.5, 0.6) is 0 Å². The topological polar surface area (TPSA) is 81.7 Å². The van der Waals surface area contributed by atoms with E-state index in [9.17, 15) is 0 Å². The van der Waals surface area contributed by atoms with Gasteiger partial charge in [-0.3, -0.25) is 9.67 Å². The van der Waals surface area contributed by atoms with Gasteiger partial charge in [0.15, 0.2) is 0 Å². The Labute approximate surface area is 169 Å². The zero-order chi connectivity index (χ0) is 20.1. The van der Waals surface area contributed by atoms with Crippen LogP contribution in [-0.2, 0) is 13.1 Å². The Bertz CT molecular complexity index is 1030. The van der Waals surface area contributed by atoms with Crippen molar-refractivity contribution < 1.29 is 4.52 Å². The fourth-order valence-electron chi connectivity index (χ4n) is 3.17. The molecule has 4 aromatic rings. The second-order valence-corrected chi connectivity index (χ2v) is 7.33. The van der Waals surface area contributed by atoms with E-state index in [0.717, 1.165) is 17.7 Å². The van der Waals surface area contributed by atoms with E-state index in [1.807, 2.05) is 41.2 Å². The molecule has 7 heteroatoms. The van der Waals surface area contributed by atoms with Crippen LogP contribution < -0.4 is 5.32 Å². The lowest BCUT2D eigenvalue weighted by atomic mass is 10.0. The second kappa shape index (κ2) is 8.79. The Kier molecular flexibility index (Phi) is 5.76. The van der Waals surface area contributed by atoms with E-state index in [1.165, 1.54) is 5.56 Å². The summed E-state index contributed by atoms with van der Waals surface area (Å²) in [7, 11) is 0. The summed E-state index contributed by atoms with van der Waals surface area (Å²) in [6, 6.07) is 14.0. The van der Waals surface area contributed by atoms with E-state index < -0.39 is 0 Å². The molecule has 7 nitrogen and oxygen atoms in total. The molecule has 0 bridgehead atoms. The summed E-state index contributed by atoms with van der Waals surface area (Å²) >= 11 is 0. The molecule has 0 fully saturated rings. The van der Waals surface area contributed by atoms with E-state index >= 15 is 0 Å². The molecule has 0 radical (unpaired) electrons. The first-order valence-corrected chi connectivity index (χ1v) is 9.71. The van der Waals surface area contributed by atoms with E-state index in [2.05, 4.69) is 57.7 Å². The van der Waals surface area contributed by atoms with Crippen LogP contribution in [-0.4, -0.2) is 24.9 Å². The van der Waals surface area contributed by atoms with Crippen LogP contribution in [0.25, 0.3) is 11.4 Å². The van der Waals surface area contributed by atoms with E-state index in [1.54, 1.807) is 12.4 Å². The smallest absolute Gasteiger partial charge is 0.244 e. The third-order valence-corrected chi connectivity index (χ3v) is 4.71. The number of pyridine rings is 1. The first kappa shape index (κ1) is 19.0. The summed E-state index contributed by atoms with van der Waals surface area (Å²) in [5, 5.41) is 12.1. The first-order chi connectivity index (χ1) is 14.2. The van der Waals surface area contributed by atoms with Crippen molar-refractivity contribution >= 4 is 0 Å². The molecule has 148 valence electrons. The van der Waals surface area contributed by atoms with E-state index in [0.29, 0.717) is 24.2 Å². The summed E-state index contributed by atoms with van der Waals surface area (Å²) in [5.74, 6) is 1.45. The van der Waals surface area contributed by atoms with Crippen molar-refractivity contribution in [2.75, 3.05) is 0 Å². The molecule has 0 aliphatic rings. The van der Waals surface area contributed by atoms with Crippen LogP contribution in [0.1, 0.15) is 36.9 Å². The lowest BCUT2D eigenvalue weighted by molar-refractivity contribution is 0.288. The number of benzene rings is 1. The van der Waals surface area contributed by atoms with Gasteiger partial charge >= 0.3 is 0 Å². The van der Waals surface area contributed by atoms with E-state index in [4.69, 9.17) is 4.52 Å². The molecule has 29 heavy (non-hydrogen) atoms. The minimum atomic E-state index is -0.0458. The highest BCUT2D eigenvalue weighted by atomic mass is 16.5. The zero-order valence-electron chi connectivity index (χ0n) is 16.6. The van der Waals surface area contributed by atoms with Crippen molar-refractivity contribution in [1.29, 1.82) is 0 Å². The van der Waals surface area contributed by atoms with Gasteiger partial charge in [-0.05, 0) is 23.6 Å². The molecule has 1 aromatic carbocycles. The molecule has 0 spiro atoms. The summed E-state index contributed by atoms with van der Waals surface area (Å²) < 4.78 is 7.50. The molecule has 1 N–H and O–H groups in total. The second-order valence-electron chi connectivity index (χ2n) is 7.33. The maximum Gasteiger partial charge on any atom is 0.244 e. The minimum Gasteiger partial charge on any atom is -0.337 e. The van der Waals surface area contributed by atoms with Gasteiger partial charge in [-0.2, -0.15) is 10.1 Å². The predicted octanol–water partition coefficient (Wildman–Crippen LogP) is 3.86. The van der Waals surface area contributed by atoms with Gasteiger partial charge < -0.3 is 9.84 Å². The average Bonchev–Trinajstić information content (AvgIpc) is 3.40. The van der Waals surface area contributed by atoms with Gasteiger partial charge in [0.2, 0.25) is 11.7 Å². The summed E-state index contributed by atoms with van der Waals surface area (Å²) in [5.41, 5.74) is 3.23. The number of aromatic nitrogens is 5. The Morgan fingerprint density at radius 3 is 2.59 bits per heavy atom. The minimum absolute atomic E-state index is 0.0458. The Morgan fingerprint density at radius 1 is 1.03 bits per heavy atom. The van der Waals surface area contributed by atoms with Gasteiger partial charge in [0.1, 0.15) is 0 Å². The summed E-state index contributed by atoms with van der Waals surface area (Å²) in [6.07, 6.45) is 7.39. The molecule has 1 atom stereocenters. The molecule has 3 heterocycles. The monoisotopic (exact) mass is 388 g/mol. The summed E-state index contributed by atoms with van der Waals surface area (Å²) in [4.78, 5) is 8.61. The fraction of sp³-hybridized carbons (Fsp3) is 0.273. The zero-order valence-corrected chi connectivity index (χ0v) is 16.6. The molecular weight excluding hydrogens is 364 g/mol. The maximum atomic E-state index is 5.55. The normalized spacial score (nSPS) is 12.4. The van der Waals surface area contributed by atoms with Crippen LogP contribution in [0.3, 0.4) is 0 Å². The highest BCUT2D eigenvalue weighted by Crippen LogP contribution is 2.23. The highest BCUT2D eigenvalue weighted by Gasteiger charge is 2.22. The number of nitrogens with zero attached hydrogens (tertiary/aromatic N) is 5. The molecular formula is C22H24N6O. The van der Waals surface area contributed by atoms with Crippen LogP contribution in [0.4, 0.5) is 0 Å². The highest BCUT2D eigenvalue weighted by molar-refractivity contribution is 5.52. The van der Waals surface area contributed by atoms with Crippen LogP contribution in [0.2, 0.25) is 0 Å². The van der Waals surface area contributed by atoms with Crippen molar-refractivity contribution in [2.45, 2.75) is 33.0 Å². The number of hydrogen-bond donors (Lipinski definition) is 1. The predicted molar refractivity (Wildman–Crippen MR) is 110 cm³/mol. The van der Waals surface area contributed by atoms with Gasteiger partial charge in [0.25, 0.3) is 0 Å². The van der Waals surface area contributed by atoms with Crippen molar-refractivity contribution in [2.24, 2.45) is 5.92 Å². The Morgan fingerprint density at radius 2 is 1.83 bits per heavy atom. The number of nitrogens with one attached hydrogen (secondary N) is 1. The maximum absolute atomic E-state index is 5.55. The molecule has 0 aliphatic carbocycles. The quantitative estimate of drug-likeness (QED) is 0.494. The van der Waals surface area contributed by atoms with Crippen molar-refractivity contribution in [3.8, 4) is 11.4 Å². The SMILES string of the molecule is CC(C)C(NCc1cnn(Cc2ccccc2)c1)c1nc(-c2ccncc2)no1. The van der Waals surface area contributed by atoms with Gasteiger partial charge in [0.05, 0.1) is 18.8 Å². The van der Waals surface area contributed by atoms with Crippen LogP contribution in [0, 0.1) is 5.92 Å². The van der Waals surface area contributed by atoms with Crippen molar-refractivity contribution in [1.82, 2.24) is 30.2 Å². The molecule has 3 aromatic heterocycles. The van der Waals surface area contributed by atoms with Gasteiger partial charge in [0, 0.05) is 36.3 Å².